The maximum Gasteiger partial charge on any atom is 0.269 e. The van der Waals surface area contributed by atoms with Crippen molar-refractivity contribution in [3.8, 4) is 5.75 Å². The van der Waals surface area contributed by atoms with E-state index in [1.54, 1.807) is 19.2 Å². The van der Waals surface area contributed by atoms with Crippen LogP contribution in [0.4, 0.5) is 5.69 Å². The van der Waals surface area contributed by atoms with E-state index in [-0.39, 0.29) is 29.7 Å². The molecule has 0 aromatic heterocycles. The first-order valence-corrected chi connectivity index (χ1v) is 8.01. The summed E-state index contributed by atoms with van der Waals surface area (Å²) in [6.45, 7) is 3.79. The average Bonchev–Trinajstić information content (AvgIpc) is 2.64. The normalized spacial score (nSPS) is 10.6. The van der Waals surface area contributed by atoms with Crippen molar-refractivity contribution in [3.63, 3.8) is 0 Å². The van der Waals surface area contributed by atoms with Crippen LogP contribution in [0, 0.1) is 10.1 Å². The van der Waals surface area contributed by atoms with E-state index in [0.29, 0.717) is 19.0 Å². The number of ether oxygens (including phenoxy) is 1. The molecule has 0 aliphatic carbocycles. The van der Waals surface area contributed by atoms with Gasteiger partial charge >= 0.3 is 0 Å². The van der Waals surface area contributed by atoms with Gasteiger partial charge in [0.15, 0.2) is 5.96 Å². The molecule has 0 radical (unpaired) electrons. The van der Waals surface area contributed by atoms with Crippen molar-refractivity contribution < 1.29 is 9.66 Å². The van der Waals surface area contributed by atoms with Gasteiger partial charge in [-0.05, 0) is 30.2 Å². The number of methoxy groups -OCH3 is 1. The highest BCUT2D eigenvalue weighted by molar-refractivity contribution is 14.0. The van der Waals surface area contributed by atoms with E-state index in [4.69, 9.17) is 4.74 Å². The van der Waals surface area contributed by atoms with Crippen LogP contribution in [0.25, 0.3) is 0 Å². The predicted molar refractivity (Wildman–Crippen MR) is 113 cm³/mol. The lowest BCUT2D eigenvalue weighted by atomic mass is 10.2. The zero-order chi connectivity index (χ0) is 18.1. The second kappa shape index (κ2) is 11.3. The topological polar surface area (TPSA) is 88.8 Å². The number of non-ortho nitro benzene ring substituents is 1. The maximum atomic E-state index is 10.7. The van der Waals surface area contributed by atoms with Gasteiger partial charge in [0, 0.05) is 25.2 Å². The Morgan fingerprint density at radius 1 is 1.15 bits per heavy atom. The standard InChI is InChI=1S/C18H22N4O3.HI/c1-3-19-18(21-13-15-5-4-6-17(11-15)25-2)20-12-14-7-9-16(10-8-14)22(23)24;/h4-11H,3,12-13H2,1-2H3,(H2,19,20,21);1H. The van der Waals surface area contributed by atoms with Crippen molar-refractivity contribution in [2.24, 2.45) is 4.99 Å². The molecule has 0 atom stereocenters. The molecule has 26 heavy (non-hydrogen) atoms. The fraction of sp³-hybridized carbons (Fsp3) is 0.278. The summed E-state index contributed by atoms with van der Waals surface area (Å²) < 4.78 is 5.21. The molecule has 0 fully saturated rings. The van der Waals surface area contributed by atoms with Gasteiger partial charge in [-0.15, -0.1) is 24.0 Å². The number of halogens is 1. The molecule has 0 saturated carbocycles. The molecule has 0 bridgehead atoms. The van der Waals surface area contributed by atoms with Crippen molar-refractivity contribution in [2.45, 2.75) is 20.0 Å². The summed E-state index contributed by atoms with van der Waals surface area (Å²) in [4.78, 5) is 14.8. The first-order chi connectivity index (χ1) is 12.1. The number of nitro benzene ring substituents is 1. The zero-order valence-corrected chi connectivity index (χ0v) is 17.1. The van der Waals surface area contributed by atoms with E-state index < -0.39 is 4.92 Å². The van der Waals surface area contributed by atoms with E-state index in [2.05, 4.69) is 15.6 Å². The number of hydrogen-bond acceptors (Lipinski definition) is 4. The van der Waals surface area contributed by atoms with Crippen LogP contribution in [0.2, 0.25) is 0 Å². The van der Waals surface area contributed by atoms with Crippen LogP contribution in [-0.2, 0) is 13.1 Å². The Labute approximate surface area is 170 Å². The van der Waals surface area contributed by atoms with Gasteiger partial charge in [0.25, 0.3) is 5.69 Å². The molecule has 2 N–H and O–H groups in total. The number of nitrogens with one attached hydrogen (secondary N) is 2. The Hall–Kier alpha value is -2.36. The molecular formula is C18H23IN4O3. The monoisotopic (exact) mass is 470 g/mol. The number of nitro groups is 1. The lowest BCUT2D eigenvalue weighted by Gasteiger charge is -2.11. The van der Waals surface area contributed by atoms with Crippen molar-refractivity contribution in [1.82, 2.24) is 10.6 Å². The van der Waals surface area contributed by atoms with Crippen molar-refractivity contribution in [1.29, 1.82) is 0 Å². The third-order valence-electron chi connectivity index (χ3n) is 3.51. The summed E-state index contributed by atoms with van der Waals surface area (Å²) in [5.74, 6) is 1.49. The molecule has 0 aliphatic heterocycles. The van der Waals surface area contributed by atoms with E-state index in [1.165, 1.54) is 12.1 Å². The van der Waals surface area contributed by atoms with E-state index in [0.717, 1.165) is 23.4 Å². The Morgan fingerprint density at radius 2 is 1.88 bits per heavy atom. The van der Waals surface area contributed by atoms with Crippen molar-refractivity contribution in [2.75, 3.05) is 13.7 Å². The molecule has 0 saturated heterocycles. The smallest absolute Gasteiger partial charge is 0.269 e. The van der Waals surface area contributed by atoms with Crippen LogP contribution in [0.1, 0.15) is 18.1 Å². The minimum absolute atomic E-state index is 0. The van der Waals surface area contributed by atoms with Crippen LogP contribution in [-0.4, -0.2) is 24.5 Å². The molecule has 8 heteroatoms. The molecule has 0 aliphatic rings. The van der Waals surface area contributed by atoms with E-state index in [1.807, 2.05) is 31.2 Å². The number of nitrogens with zero attached hydrogens (tertiary/aromatic N) is 2. The molecule has 0 heterocycles. The minimum atomic E-state index is -0.406. The summed E-state index contributed by atoms with van der Waals surface area (Å²) in [5.41, 5.74) is 2.08. The van der Waals surface area contributed by atoms with Gasteiger partial charge < -0.3 is 15.4 Å². The molecule has 2 aromatic carbocycles. The molecule has 0 amide bonds. The highest BCUT2D eigenvalue weighted by Crippen LogP contribution is 2.13. The summed E-state index contributed by atoms with van der Waals surface area (Å²) in [5, 5.41) is 17.1. The van der Waals surface area contributed by atoms with Gasteiger partial charge in [0.2, 0.25) is 0 Å². The quantitative estimate of drug-likeness (QED) is 0.213. The summed E-state index contributed by atoms with van der Waals surface area (Å²) in [6, 6.07) is 14.2. The minimum Gasteiger partial charge on any atom is -0.497 e. The molecule has 0 spiro atoms. The van der Waals surface area contributed by atoms with E-state index >= 15 is 0 Å². The van der Waals surface area contributed by atoms with Gasteiger partial charge in [0.1, 0.15) is 5.75 Å². The fourth-order valence-electron chi connectivity index (χ4n) is 2.20. The van der Waals surface area contributed by atoms with Crippen LogP contribution in [0.15, 0.2) is 53.5 Å². The number of hydrogen-bond donors (Lipinski definition) is 2. The zero-order valence-electron chi connectivity index (χ0n) is 14.8. The molecule has 140 valence electrons. The molecule has 2 aromatic rings. The first kappa shape index (κ1) is 21.7. The van der Waals surface area contributed by atoms with Gasteiger partial charge in [-0.25, -0.2) is 4.99 Å². The summed E-state index contributed by atoms with van der Waals surface area (Å²) in [6.07, 6.45) is 0. The Kier molecular flexibility index (Phi) is 9.42. The Morgan fingerprint density at radius 3 is 2.50 bits per heavy atom. The lowest BCUT2D eigenvalue weighted by molar-refractivity contribution is -0.384. The van der Waals surface area contributed by atoms with E-state index in [9.17, 15) is 10.1 Å². The van der Waals surface area contributed by atoms with Crippen LogP contribution < -0.4 is 15.4 Å². The molecule has 0 unspecified atom stereocenters. The third kappa shape index (κ3) is 6.87. The van der Waals surface area contributed by atoms with Gasteiger partial charge in [-0.3, -0.25) is 10.1 Å². The largest absolute Gasteiger partial charge is 0.497 e. The SMILES string of the molecule is CCNC(=NCc1cccc(OC)c1)NCc1ccc([N+](=O)[O-])cc1.I. The Balaban J connectivity index is 0.00000338. The van der Waals surface area contributed by atoms with Crippen LogP contribution >= 0.6 is 24.0 Å². The second-order valence-corrected chi connectivity index (χ2v) is 5.32. The molecule has 2 rings (SSSR count). The molecular weight excluding hydrogens is 447 g/mol. The maximum absolute atomic E-state index is 10.7. The van der Waals surface area contributed by atoms with Crippen LogP contribution in [0.5, 0.6) is 5.75 Å². The van der Waals surface area contributed by atoms with Crippen LogP contribution in [0.3, 0.4) is 0 Å². The van der Waals surface area contributed by atoms with Crippen molar-refractivity contribution >= 4 is 35.6 Å². The third-order valence-corrected chi connectivity index (χ3v) is 3.51. The fourth-order valence-corrected chi connectivity index (χ4v) is 2.20. The number of aliphatic imine (C=N–C) groups is 1. The van der Waals surface area contributed by atoms with Gasteiger partial charge in [-0.2, -0.15) is 0 Å². The number of benzene rings is 2. The summed E-state index contributed by atoms with van der Waals surface area (Å²) >= 11 is 0. The highest BCUT2D eigenvalue weighted by atomic mass is 127. The van der Waals surface area contributed by atoms with Crippen molar-refractivity contribution in [3.05, 3.63) is 69.8 Å². The average molecular weight is 470 g/mol. The lowest BCUT2D eigenvalue weighted by Crippen LogP contribution is -2.36. The Bertz CT molecular complexity index is 735. The van der Waals surface area contributed by atoms with Gasteiger partial charge in [0.05, 0.1) is 18.6 Å². The second-order valence-electron chi connectivity index (χ2n) is 5.32. The van der Waals surface area contributed by atoms with Gasteiger partial charge in [-0.1, -0.05) is 24.3 Å². The summed E-state index contributed by atoms with van der Waals surface area (Å²) in [7, 11) is 1.64. The first-order valence-electron chi connectivity index (χ1n) is 8.01. The number of rotatable bonds is 7. The highest BCUT2D eigenvalue weighted by Gasteiger charge is 2.04. The number of guanidine groups is 1. The predicted octanol–water partition coefficient (Wildman–Crippen LogP) is 3.48. The molecule has 7 nitrogen and oxygen atoms in total.